The highest BCUT2D eigenvalue weighted by Gasteiger charge is 1.86. The highest BCUT2D eigenvalue weighted by Crippen LogP contribution is 1.98. The maximum atomic E-state index is 5.33. The average Bonchev–Trinajstić information content (AvgIpc) is 1.97. The first-order valence-corrected chi connectivity index (χ1v) is 3.61. The van der Waals surface area contributed by atoms with Crippen molar-refractivity contribution in [2.24, 2.45) is 5.73 Å². The van der Waals surface area contributed by atoms with E-state index in [4.69, 9.17) is 5.73 Å². The van der Waals surface area contributed by atoms with E-state index in [-0.39, 0.29) is 0 Å². The highest BCUT2D eigenvalue weighted by molar-refractivity contribution is 5.22. The van der Waals surface area contributed by atoms with Crippen molar-refractivity contribution in [3.8, 4) is 0 Å². The SMILES string of the molecule is C=C(N)/C=C\C(=C)CCNC. The van der Waals surface area contributed by atoms with Crippen LogP contribution >= 0.6 is 0 Å². The third-order valence-electron chi connectivity index (χ3n) is 1.23. The fraction of sp³-hybridized carbons (Fsp3) is 0.333. The fourth-order valence-corrected chi connectivity index (χ4v) is 0.594. The third-order valence-corrected chi connectivity index (χ3v) is 1.23. The van der Waals surface area contributed by atoms with Crippen LogP contribution in [0.25, 0.3) is 0 Å². The molecule has 0 rings (SSSR count). The van der Waals surface area contributed by atoms with E-state index < -0.39 is 0 Å². The van der Waals surface area contributed by atoms with Gasteiger partial charge in [-0.25, -0.2) is 0 Å². The Hall–Kier alpha value is -1.02. The van der Waals surface area contributed by atoms with Crippen LogP contribution in [0, 0.1) is 0 Å². The van der Waals surface area contributed by atoms with Crippen LogP contribution in [0.2, 0.25) is 0 Å². The molecule has 0 saturated heterocycles. The molecule has 0 bridgehead atoms. The summed E-state index contributed by atoms with van der Waals surface area (Å²) in [5.74, 6) is 0. The summed E-state index contributed by atoms with van der Waals surface area (Å²) in [7, 11) is 1.92. The number of hydrogen-bond donors (Lipinski definition) is 2. The molecule has 0 radical (unpaired) electrons. The lowest BCUT2D eigenvalue weighted by molar-refractivity contribution is 0.795. The minimum atomic E-state index is 0.565. The molecule has 3 N–H and O–H groups in total. The summed E-state index contributed by atoms with van der Waals surface area (Å²) in [5.41, 5.74) is 6.96. The number of nitrogens with one attached hydrogen (secondary N) is 1. The van der Waals surface area contributed by atoms with E-state index in [9.17, 15) is 0 Å². The zero-order valence-corrected chi connectivity index (χ0v) is 7.06. The molecule has 0 amide bonds. The lowest BCUT2D eigenvalue weighted by Gasteiger charge is -1.97. The van der Waals surface area contributed by atoms with Gasteiger partial charge in [0, 0.05) is 5.70 Å². The molecular formula is C9H16N2. The molecule has 0 atom stereocenters. The summed E-state index contributed by atoms with van der Waals surface area (Å²) in [6.07, 6.45) is 4.60. The lowest BCUT2D eigenvalue weighted by atomic mass is 10.2. The fourth-order valence-electron chi connectivity index (χ4n) is 0.594. The minimum Gasteiger partial charge on any atom is -0.399 e. The van der Waals surface area contributed by atoms with Gasteiger partial charge in [0.15, 0.2) is 0 Å². The van der Waals surface area contributed by atoms with Gasteiger partial charge in [-0.15, -0.1) is 0 Å². The van der Waals surface area contributed by atoms with Gasteiger partial charge in [0.2, 0.25) is 0 Å². The molecule has 0 aromatic carbocycles. The van der Waals surface area contributed by atoms with E-state index in [0.29, 0.717) is 5.70 Å². The molecule has 62 valence electrons. The second-order valence-electron chi connectivity index (χ2n) is 2.42. The second-order valence-corrected chi connectivity index (χ2v) is 2.42. The first-order chi connectivity index (χ1) is 5.16. The number of allylic oxidation sites excluding steroid dienone is 2. The first kappa shape index (κ1) is 9.98. The summed E-state index contributed by atoms with van der Waals surface area (Å²) >= 11 is 0. The molecule has 0 saturated carbocycles. The van der Waals surface area contributed by atoms with Gasteiger partial charge in [-0.3, -0.25) is 0 Å². The van der Waals surface area contributed by atoms with Gasteiger partial charge in [0.25, 0.3) is 0 Å². The van der Waals surface area contributed by atoms with Gasteiger partial charge in [-0.1, -0.05) is 24.8 Å². The summed E-state index contributed by atoms with van der Waals surface area (Å²) in [6, 6.07) is 0. The average molecular weight is 152 g/mol. The molecule has 0 spiro atoms. The minimum absolute atomic E-state index is 0.565. The Morgan fingerprint density at radius 2 is 2.09 bits per heavy atom. The molecule has 2 nitrogen and oxygen atoms in total. The van der Waals surface area contributed by atoms with Crippen LogP contribution < -0.4 is 11.1 Å². The smallest absolute Gasteiger partial charge is 0.0241 e. The molecule has 0 aliphatic carbocycles. The lowest BCUT2D eigenvalue weighted by Crippen LogP contribution is -2.07. The van der Waals surface area contributed by atoms with Gasteiger partial charge in [-0.2, -0.15) is 0 Å². The Kier molecular flexibility index (Phi) is 5.21. The van der Waals surface area contributed by atoms with E-state index in [2.05, 4.69) is 18.5 Å². The van der Waals surface area contributed by atoms with E-state index in [0.717, 1.165) is 18.5 Å². The van der Waals surface area contributed by atoms with Crippen molar-refractivity contribution >= 4 is 0 Å². The van der Waals surface area contributed by atoms with Gasteiger partial charge in [0.05, 0.1) is 0 Å². The van der Waals surface area contributed by atoms with Gasteiger partial charge in [0.1, 0.15) is 0 Å². The van der Waals surface area contributed by atoms with Crippen molar-refractivity contribution in [3.63, 3.8) is 0 Å². The number of hydrogen-bond acceptors (Lipinski definition) is 2. The number of nitrogens with two attached hydrogens (primary N) is 1. The van der Waals surface area contributed by atoms with Gasteiger partial charge in [-0.05, 0) is 26.1 Å². The van der Waals surface area contributed by atoms with Crippen molar-refractivity contribution in [3.05, 3.63) is 36.6 Å². The van der Waals surface area contributed by atoms with Crippen LogP contribution in [0.15, 0.2) is 36.6 Å². The monoisotopic (exact) mass is 152 g/mol. The normalized spacial score (nSPS) is 10.3. The topological polar surface area (TPSA) is 38.0 Å². The van der Waals surface area contributed by atoms with Gasteiger partial charge >= 0.3 is 0 Å². The zero-order valence-electron chi connectivity index (χ0n) is 7.06. The van der Waals surface area contributed by atoms with E-state index >= 15 is 0 Å². The predicted octanol–water partition coefficient (Wildman–Crippen LogP) is 1.18. The van der Waals surface area contributed by atoms with E-state index in [1.165, 1.54) is 0 Å². The summed E-state index contributed by atoms with van der Waals surface area (Å²) in [4.78, 5) is 0. The molecule has 0 unspecified atom stereocenters. The van der Waals surface area contributed by atoms with Crippen molar-refractivity contribution in [1.82, 2.24) is 5.32 Å². The van der Waals surface area contributed by atoms with Crippen molar-refractivity contribution in [2.45, 2.75) is 6.42 Å². The Morgan fingerprint density at radius 3 is 2.55 bits per heavy atom. The van der Waals surface area contributed by atoms with Crippen molar-refractivity contribution in [2.75, 3.05) is 13.6 Å². The maximum Gasteiger partial charge on any atom is 0.0241 e. The molecule has 0 aliphatic heterocycles. The third kappa shape index (κ3) is 6.87. The first-order valence-electron chi connectivity index (χ1n) is 3.61. The summed E-state index contributed by atoms with van der Waals surface area (Å²) in [5, 5.41) is 3.04. The Bertz CT molecular complexity index is 168. The second kappa shape index (κ2) is 5.74. The van der Waals surface area contributed by atoms with Crippen LogP contribution in [0.5, 0.6) is 0 Å². The van der Waals surface area contributed by atoms with Crippen LogP contribution in [-0.4, -0.2) is 13.6 Å². The molecule has 0 aromatic rings. The van der Waals surface area contributed by atoms with E-state index in [1.54, 1.807) is 6.08 Å². The molecule has 2 heteroatoms. The standard InChI is InChI=1S/C9H16N2/c1-8(6-7-11-3)4-5-9(2)10/h4-5,11H,1-2,6-7,10H2,3H3/b5-4-. The highest BCUT2D eigenvalue weighted by atomic mass is 14.8. The maximum absolute atomic E-state index is 5.33. The van der Waals surface area contributed by atoms with Crippen LogP contribution in [0.4, 0.5) is 0 Å². The Morgan fingerprint density at radius 1 is 1.45 bits per heavy atom. The van der Waals surface area contributed by atoms with Crippen LogP contribution in [0.1, 0.15) is 6.42 Å². The zero-order chi connectivity index (χ0) is 8.69. The Balaban J connectivity index is 3.60. The predicted molar refractivity (Wildman–Crippen MR) is 50.2 cm³/mol. The van der Waals surface area contributed by atoms with Gasteiger partial charge < -0.3 is 11.1 Å². The van der Waals surface area contributed by atoms with E-state index in [1.807, 2.05) is 13.1 Å². The quantitative estimate of drug-likeness (QED) is 0.580. The summed E-state index contributed by atoms with van der Waals surface area (Å²) in [6.45, 7) is 8.33. The number of rotatable bonds is 5. The molecular weight excluding hydrogens is 136 g/mol. The summed E-state index contributed by atoms with van der Waals surface area (Å²) < 4.78 is 0. The largest absolute Gasteiger partial charge is 0.399 e. The molecule has 11 heavy (non-hydrogen) atoms. The molecule has 0 aliphatic rings. The molecule has 0 fully saturated rings. The molecule has 0 aromatic heterocycles. The molecule has 0 heterocycles. The van der Waals surface area contributed by atoms with Crippen LogP contribution in [-0.2, 0) is 0 Å². The Labute approximate surface area is 68.5 Å². The van der Waals surface area contributed by atoms with Crippen molar-refractivity contribution < 1.29 is 0 Å². The van der Waals surface area contributed by atoms with Crippen LogP contribution in [0.3, 0.4) is 0 Å². The van der Waals surface area contributed by atoms with Crippen molar-refractivity contribution in [1.29, 1.82) is 0 Å².